The molecule has 0 spiro atoms. The summed E-state index contributed by atoms with van der Waals surface area (Å²) in [7, 11) is 1.71. The lowest BCUT2D eigenvalue weighted by Crippen LogP contribution is -2.50. The molecule has 0 bridgehead atoms. The molecular formula is C30H31FN4O4. The number of aromatic nitrogens is 2. The molecule has 1 N–H and O–H groups in total. The zero-order valence-corrected chi connectivity index (χ0v) is 22.2. The number of hydrogen-bond donors (Lipinski definition) is 1. The van der Waals surface area contributed by atoms with Crippen molar-refractivity contribution in [3.05, 3.63) is 89.1 Å². The molecule has 39 heavy (non-hydrogen) atoms. The smallest absolute Gasteiger partial charge is 0.259 e. The topological polar surface area (TPSA) is 95.9 Å². The van der Waals surface area contributed by atoms with Crippen molar-refractivity contribution in [2.24, 2.45) is 5.92 Å². The van der Waals surface area contributed by atoms with E-state index in [4.69, 9.17) is 4.74 Å². The Bertz CT molecular complexity index is 1390. The molecule has 8 nitrogen and oxygen atoms in total. The highest BCUT2D eigenvalue weighted by atomic mass is 19.1. The van der Waals surface area contributed by atoms with Crippen molar-refractivity contribution >= 4 is 11.8 Å². The van der Waals surface area contributed by atoms with Gasteiger partial charge in [0.1, 0.15) is 17.5 Å². The largest absolute Gasteiger partial charge is 0.472 e. The maximum atomic E-state index is 14.0. The van der Waals surface area contributed by atoms with E-state index in [0.717, 1.165) is 5.56 Å². The fraction of sp³-hybridized carbons (Fsp3) is 0.333. The highest BCUT2D eigenvalue weighted by molar-refractivity contribution is 5.97. The third-order valence-electron chi connectivity index (χ3n) is 6.69. The number of benzene rings is 1. The van der Waals surface area contributed by atoms with Gasteiger partial charge in [0.15, 0.2) is 0 Å². The molecule has 3 atom stereocenters. The number of pyridine rings is 2. The van der Waals surface area contributed by atoms with Crippen molar-refractivity contribution in [2.75, 3.05) is 26.7 Å². The number of halogens is 1. The number of nitrogens with zero attached hydrogens (tertiary/aromatic N) is 4. The lowest BCUT2D eigenvalue weighted by atomic mass is 9.99. The minimum absolute atomic E-state index is 0.0931. The van der Waals surface area contributed by atoms with Crippen LogP contribution in [0.1, 0.15) is 40.9 Å². The highest BCUT2D eigenvalue weighted by Gasteiger charge is 2.34. The van der Waals surface area contributed by atoms with Gasteiger partial charge in [-0.2, -0.15) is 0 Å². The highest BCUT2D eigenvalue weighted by Crippen LogP contribution is 2.27. The molecule has 9 heteroatoms. The second-order valence-corrected chi connectivity index (χ2v) is 9.74. The van der Waals surface area contributed by atoms with Crippen LogP contribution in [0, 0.1) is 23.6 Å². The van der Waals surface area contributed by atoms with E-state index < -0.39 is 18.0 Å². The number of rotatable bonds is 6. The molecule has 2 amide bonds. The van der Waals surface area contributed by atoms with Crippen molar-refractivity contribution < 1.29 is 23.8 Å². The van der Waals surface area contributed by atoms with Gasteiger partial charge < -0.3 is 19.6 Å². The Labute approximate surface area is 227 Å². The summed E-state index contributed by atoms with van der Waals surface area (Å²) in [6.45, 7) is 4.06. The van der Waals surface area contributed by atoms with E-state index in [9.17, 15) is 19.1 Å². The lowest BCUT2D eigenvalue weighted by molar-refractivity contribution is -0.130. The maximum absolute atomic E-state index is 14.0. The van der Waals surface area contributed by atoms with Crippen LogP contribution in [0.3, 0.4) is 0 Å². The zero-order chi connectivity index (χ0) is 27.9. The van der Waals surface area contributed by atoms with Gasteiger partial charge in [-0.15, -0.1) is 0 Å². The van der Waals surface area contributed by atoms with Crippen LogP contribution < -0.4 is 4.74 Å². The minimum atomic E-state index is -0.476. The second-order valence-electron chi connectivity index (χ2n) is 9.74. The van der Waals surface area contributed by atoms with Crippen LogP contribution in [-0.4, -0.2) is 75.6 Å². The summed E-state index contributed by atoms with van der Waals surface area (Å²) in [5.74, 6) is 4.72. The number of carbonyl (C=O) groups is 2. The van der Waals surface area contributed by atoms with Crippen LogP contribution in [0.5, 0.6) is 5.88 Å². The fourth-order valence-corrected chi connectivity index (χ4v) is 4.27. The Balaban J connectivity index is 1.62. The van der Waals surface area contributed by atoms with E-state index in [2.05, 4.69) is 21.8 Å². The van der Waals surface area contributed by atoms with Crippen LogP contribution >= 0.6 is 0 Å². The Morgan fingerprint density at radius 1 is 1.26 bits per heavy atom. The van der Waals surface area contributed by atoms with Gasteiger partial charge in [0, 0.05) is 43.7 Å². The van der Waals surface area contributed by atoms with Crippen LogP contribution in [0.25, 0.3) is 0 Å². The molecule has 0 radical (unpaired) electrons. The molecule has 3 heterocycles. The average molecular weight is 531 g/mol. The first-order valence-electron chi connectivity index (χ1n) is 12.7. The monoisotopic (exact) mass is 530 g/mol. The first kappa shape index (κ1) is 27.7. The van der Waals surface area contributed by atoms with Gasteiger partial charge in [0.05, 0.1) is 31.2 Å². The summed E-state index contributed by atoms with van der Waals surface area (Å²) in [6.07, 6.45) is 4.52. The van der Waals surface area contributed by atoms with E-state index in [1.165, 1.54) is 12.3 Å². The Morgan fingerprint density at radius 3 is 2.77 bits per heavy atom. The van der Waals surface area contributed by atoms with Gasteiger partial charge in [-0.05, 0) is 36.8 Å². The molecule has 0 saturated carbocycles. The number of aliphatic hydroxyl groups is 1. The first-order chi connectivity index (χ1) is 18.8. The van der Waals surface area contributed by atoms with Crippen molar-refractivity contribution in [3.8, 4) is 17.7 Å². The van der Waals surface area contributed by atoms with Gasteiger partial charge in [-0.3, -0.25) is 14.6 Å². The molecule has 0 saturated heterocycles. The molecule has 1 aliphatic heterocycles. The summed E-state index contributed by atoms with van der Waals surface area (Å²) in [5, 5.41) is 9.86. The number of hydrogen-bond acceptors (Lipinski definition) is 6. The number of amides is 2. The van der Waals surface area contributed by atoms with Gasteiger partial charge in [0.25, 0.3) is 5.91 Å². The van der Waals surface area contributed by atoms with E-state index in [-0.39, 0.29) is 54.3 Å². The summed E-state index contributed by atoms with van der Waals surface area (Å²) in [6, 6.07) is 10.9. The third kappa shape index (κ3) is 6.78. The van der Waals surface area contributed by atoms with E-state index in [1.807, 2.05) is 13.0 Å². The summed E-state index contributed by atoms with van der Waals surface area (Å²) in [4.78, 5) is 38.1. The van der Waals surface area contributed by atoms with Gasteiger partial charge in [-0.1, -0.05) is 37.0 Å². The van der Waals surface area contributed by atoms with E-state index >= 15 is 0 Å². The summed E-state index contributed by atoms with van der Waals surface area (Å²) < 4.78 is 20.3. The SMILES string of the molecule is C[C@@H]1CN([C@@H](C)CO)C(=O)c2cc(C#Cc3ccccc3F)cnc2O[C@@H]1CN(C)C(=O)Cc1cccnc1. The van der Waals surface area contributed by atoms with Crippen molar-refractivity contribution in [3.63, 3.8) is 0 Å². The molecule has 4 rings (SSSR count). The Morgan fingerprint density at radius 2 is 2.05 bits per heavy atom. The molecule has 0 fully saturated rings. The Kier molecular flexibility index (Phi) is 8.89. The van der Waals surface area contributed by atoms with Crippen LogP contribution in [0.2, 0.25) is 0 Å². The van der Waals surface area contributed by atoms with E-state index in [1.54, 1.807) is 66.5 Å². The van der Waals surface area contributed by atoms with Crippen molar-refractivity contribution in [2.45, 2.75) is 32.4 Å². The van der Waals surface area contributed by atoms with E-state index in [0.29, 0.717) is 12.1 Å². The summed E-state index contributed by atoms with van der Waals surface area (Å²) >= 11 is 0. The fourth-order valence-electron chi connectivity index (χ4n) is 4.27. The lowest BCUT2D eigenvalue weighted by Gasteiger charge is -2.37. The average Bonchev–Trinajstić information content (AvgIpc) is 2.94. The van der Waals surface area contributed by atoms with Crippen LogP contribution in [0.15, 0.2) is 61.1 Å². The molecule has 1 aliphatic rings. The molecule has 2 aromatic heterocycles. The molecule has 1 aromatic carbocycles. The predicted molar refractivity (Wildman–Crippen MR) is 143 cm³/mol. The molecule has 0 aliphatic carbocycles. The quantitative estimate of drug-likeness (QED) is 0.493. The Hall–Kier alpha value is -4.29. The number of aliphatic hydroxyl groups excluding tert-OH is 1. The minimum Gasteiger partial charge on any atom is -0.472 e. The zero-order valence-electron chi connectivity index (χ0n) is 22.2. The van der Waals surface area contributed by atoms with Gasteiger partial charge >= 0.3 is 0 Å². The van der Waals surface area contributed by atoms with Gasteiger partial charge in [0.2, 0.25) is 11.8 Å². The van der Waals surface area contributed by atoms with Crippen LogP contribution in [0.4, 0.5) is 4.39 Å². The summed E-state index contributed by atoms with van der Waals surface area (Å²) in [5.41, 5.74) is 1.65. The van der Waals surface area contributed by atoms with Crippen molar-refractivity contribution in [1.29, 1.82) is 0 Å². The molecular weight excluding hydrogens is 499 g/mol. The molecule has 202 valence electrons. The van der Waals surface area contributed by atoms with Gasteiger partial charge in [-0.25, -0.2) is 9.37 Å². The second kappa shape index (κ2) is 12.5. The predicted octanol–water partition coefficient (Wildman–Crippen LogP) is 2.94. The first-order valence-corrected chi connectivity index (χ1v) is 12.7. The number of carbonyl (C=O) groups excluding carboxylic acids is 2. The standard InChI is InChI=1S/C30H31FN4O4/c1-20-17-35(21(2)19-36)30(38)25-13-23(10-11-24-8-4-5-9-26(24)31)16-33-29(25)39-27(20)18-34(3)28(37)14-22-7-6-12-32-15-22/h4-9,12-13,15-16,20-21,27,36H,14,17-19H2,1-3H3/t20-,21+,27-/m1/s1. The normalized spacial score (nSPS) is 17.6. The maximum Gasteiger partial charge on any atom is 0.259 e. The number of ether oxygens (including phenoxy) is 1. The molecule has 3 aromatic rings. The number of likely N-dealkylation sites (N-methyl/N-ethyl adjacent to an activating group) is 1. The number of fused-ring (bicyclic) bond motifs is 1. The van der Waals surface area contributed by atoms with Crippen LogP contribution in [-0.2, 0) is 11.2 Å². The third-order valence-corrected chi connectivity index (χ3v) is 6.69. The molecule has 0 unspecified atom stereocenters. The van der Waals surface area contributed by atoms with Crippen molar-refractivity contribution in [1.82, 2.24) is 19.8 Å².